The summed E-state index contributed by atoms with van der Waals surface area (Å²) in [4.78, 5) is 0. The van der Waals surface area contributed by atoms with E-state index in [2.05, 4.69) is 0 Å². The standard InChI is InChI=1S/C15H11Cl2FO/c1-2-6-10-12(16)13(17)14(18)11(15(10)19)9-7-4-3-5-8-9/h2-8,19H,1H3. The number of aromatic hydroxyl groups is 1. The summed E-state index contributed by atoms with van der Waals surface area (Å²) < 4.78 is 14.2. The lowest BCUT2D eigenvalue weighted by molar-refractivity contribution is 0.471. The van der Waals surface area contributed by atoms with Gasteiger partial charge >= 0.3 is 0 Å². The molecule has 2 aromatic carbocycles. The summed E-state index contributed by atoms with van der Waals surface area (Å²) in [6.45, 7) is 1.77. The van der Waals surface area contributed by atoms with E-state index in [1.807, 2.05) is 6.07 Å². The van der Waals surface area contributed by atoms with Crippen molar-refractivity contribution in [2.24, 2.45) is 0 Å². The average Bonchev–Trinajstić information content (AvgIpc) is 2.43. The molecule has 2 aromatic rings. The van der Waals surface area contributed by atoms with Crippen LogP contribution in [0.1, 0.15) is 12.5 Å². The van der Waals surface area contributed by atoms with E-state index >= 15 is 0 Å². The number of benzene rings is 2. The molecule has 19 heavy (non-hydrogen) atoms. The fourth-order valence-corrected chi connectivity index (χ4v) is 2.29. The number of halogens is 3. The lowest BCUT2D eigenvalue weighted by Crippen LogP contribution is -1.92. The van der Waals surface area contributed by atoms with Crippen LogP contribution in [0.4, 0.5) is 4.39 Å². The van der Waals surface area contributed by atoms with Crippen LogP contribution in [0.15, 0.2) is 36.4 Å². The van der Waals surface area contributed by atoms with Crippen molar-refractivity contribution < 1.29 is 9.50 Å². The normalized spacial score (nSPS) is 11.2. The fraction of sp³-hybridized carbons (Fsp3) is 0.0667. The third-order valence-corrected chi connectivity index (χ3v) is 3.57. The molecule has 1 N–H and O–H groups in total. The van der Waals surface area contributed by atoms with Crippen molar-refractivity contribution in [3.8, 4) is 16.9 Å². The molecule has 98 valence electrons. The molecule has 0 aromatic heterocycles. The Morgan fingerprint density at radius 3 is 2.32 bits per heavy atom. The minimum Gasteiger partial charge on any atom is -0.507 e. The second-order valence-corrected chi connectivity index (χ2v) is 4.70. The Morgan fingerprint density at radius 1 is 1.11 bits per heavy atom. The van der Waals surface area contributed by atoms with Crippen LogP contribution in [-0.2, 0) is 0 Å². The number of phenols is 1. The molecule has 0 aliphatic carbocycles. The van der Waals surface area contributed by atoms with Gasteiger partial charge in [-0.2, -0.15) is 0 Å². The molecule has 0 amide bonds. The molecule has 0 aliphatic rings. The molecule has 0 heterocycles. The number of phenolic OH excluding ortho intramolecular Hbond substituents is 1. The van der Waals surface area contributed by atoms with Crippen molar-refractivity contribution >= 4 is 29.3 Å². The molecule has 0 atom stereocenters. The molecule has 0 unspecified atom stereocenters. The highest BCUT2D eigenvalue weighted by molar-refractivity contribution is 6.43. The molecule has 0 saturated heterocycles. The van der Waals surface area contributed by atoms with Crippen molar-refractivity contribution in [3.63, 3.8) is 0 Å². The Balaban J connectivity index is 2.82. The van der Waals surface area contributed by atoms with Gasteiger partial charge in [0, 0.05) is 5.56 Å². The molecular formula is C15H11Cl2FO. The fourth-order valence-electron chi connectivity index (χ4n) is 1.85. The minimum atomic E-state index is -0.719. The summed E-state index contributed by atoms with van der Waals surface area (Å²) in [5, 5.41) is 10.0. The molecule has 4 heteroatoms. The summed E-state index contributed by atoms with van der Waals surface area (Å²) in [6, 6.07) is 8.71. The third kappa shape index (κ3) is 2.46. The van der Waals surface area contributed by atoms with E-state index < -0.39 is 5.82 Å². The molecule has 0 fully saturated rings. The van der Waals surface area contributed by atoms with Crippen molar-refractivity contribution in [2.45, 2.75) is 6.92 Å². The monoisotopic (exact) mass is 296 g/mol. The van der Waals surface area contributed by atoms with E-state index in [1.165, 1.54) is 0 Å². The first-order chi connectivity index (χ1) is 9.07. The van der Waals surface area contributed by atoms with Gasteiger partial charge < -0.3 is 5.11 Å². The van der Waals surface area contributed by atoms with E-state index in [0.717, 1.165) is 0 Å². The van der Waals surface area contributed by atoms with Crippen LogP contribution in [-0.4, -0.2) is 5.11 Å². The molecular weight excluding hydrogens is 286 g/mol. The van der Waals surface area contributed by atoms with Crippen LogP contribution in [0.25, 0.3) is 17.2 Å². The second-order valence-electron chi connectivity index (χ2n) is 3.95. The average molecular weight is 297 g/mol. The van der Waals surface area contributed by atoms with Gasteiger partial charge in [0.25, 0.3) is 0 Å². The lowest BCUT2D eigenvalue weighted by Gasteiger charge is -2.13. The zero-order valence-corrected chi connectivity index (χ0v) is 11.6. The Bertz CT molecular complexity index is 637. The molecule has 0 spiro atoms. The van der Waals surface area contributed by atoms with Crippen LogP contribution in [0.2, 0.25) is 10.0 Å². The highest BCUT2D eigenvalue weighted by atomic mass is 35.5. The molecule has 0 radical (unpaired) electrons. The maximum Gasteiger partial charge on any atom is 0.154 e. The largest absolute Gasteiger partial charge is 0.507 e. The molecule has 0 bridgehead atoms. The van der Waals surface area contributed by atoms with Gasteiger partial charge in [-0.3, -0.25) is 0 Å². The van der Waals surface area contributed by atoms with Gasteiger partial charge in [0.05, 0.1) is 15.6 Å². The molecule has 0 saturated carbocycles. The summed E-state index contributed by atoms with van der Waals surface area (Å²) >= 11 is 11.9. The smallest absolute Gasteiger partial charge is 0.154 e. The first kappa shape index (κ1) is 13.9. The van der Waals surface area contributed by atoms with Crippen molar-refractivity contribution in [1.29, 1.82) is 0 Å². The van der Waals surface area contributed by atoms with Crippen molar-refractivity contribution in [2.75, 3.05) is 0 Å². The van der Waals surface area contributed by atoms with E-state index in [4.69, 9.17) is 23.2 Å². The zero-order chi connectivity index (χ0) is 14.0. The van der Waals surface area contributed by atoms with Gasteiger partial charge in [0.2, 0.25) is 0 Å². The Morgan fingerprint density at radius 2 is 1.74 bits per heavy atom. The SMILES string of the molecule is CC=Cc1c(O)c(-c2ccccc2)c(F)c(Cl)c1Cl. The number of allylic oxidation sites excluding steroid dienone is 1. The van der Waals surface area contributed by atoms with E-state index in [0.29, 0.717) is 11.1 Å². The van der Waals surface area contributed by atoms with Gasteiger partial charge in [-0.05, 0) is 12.5 Å². The van der Waals surface area contributed by atoms with Gasteiger partial charge in [-0.15, -0.1) is 0 Å². The van der Waals surface area contributed by atoms with Gasteiger partial charge in [-0.25, -0.2) is 4.39 Å². The number of hydrogen-bond acceptors (Lipinski definition) is 1. The van der Waals surface area contributed by atoms with Crippen molar-refractivity contribution in [1.82, 2.24) is 0 Å². The van der Waals surface area contributed by atoms with Crippen LogP contribution in [0.5, 0.6) is 5.75 Å². The Hall–Kier alpha value is -1.51. The van der Waals surface area contributed by atoms with Crippen LogP contribution < -0.4 is 0 Å². The first-order valence-electron chi connectivity index (χ1n) is 5.65. The quantitative estimate of drug-likeness (QED) is 0.722. The van der Waals surface area contributed by atoms with Crippen LogP contribution in [0, 0.1) is 5.82 Å². The Kier molecular flexibility index (Phi) is 4.13. The van der Waals surface area contributed by atoms with E-state index in [1.54, 1.807) is 43.3 Å². The molecule has 1 nitrogen and oxygen atoms in total. The zero-order valence-electron chi connectivity index (χ0n) is 10.1. The highest BCUT2D eigenvalue weighted by Crippen LogP contribution is 2.44. The van der Waals surface area contributed by atoms with Gasteiger partial charge in [0.15, 0.2) is 5.82 Å². The number of rotatable bonds is 2. The molecule has 2 rings (SSSR count). The van der Waals surface area contributed by atoms with Crippen LogP contribution in [0.3, 0.4) is 0 Å². The second kappa shape index (κ2) is 5.64. The first-order valence-corrected chi connectivity index (χ1v) is 6.41. The maximum absolute atomic E-state index is 14.2. The summed E-state index contributed by atoms with van der Waals surface area (Å²) in [5.74, 6) is -0.931. The molecule has 0 aliphatic heterocycles. The van der Waals surface area contributed by atoms with Gasteiger partial charge in [-0.1, -0.05) is 65.7 Å². The predicted molar refractivity (Wildman–Crippen MR) is 78.2 cm³/mol. The van der Waals surface area contributed by atoms with Crippen LogP contribution >= 0.6 is 23.2 Å². The lowest BCUT2D eigenvalue weighted by atomic mass is 10.00. The maximum atomic E-state index is 14.2. The summed E-state index contributed by atoms with van der Waals surface area (Å²) in [7, 11) is 0. The number of hydrogen-bond donors (Lipinski definition) is 1. The summed E-state index contributed by atoms with van der Waals surface area (Å²) in [6.07, 6.45) is 3.29. The summed E-state index contributed by atoms with van der Waals surface area (Å²) in [5.41, 5.74) is 0.916. The van der Waals surface area contributed by atoms with Crippen molar-refractivity contribution in [3.05, 3.63) is 57.8 Å². The topological polar surface area (TPSA) is 20.2 Å². The minimum absolute atomic E-state index is 0.00875. The predicted octanol–water partition coefficient (Wildman–Crippen LogP) is 5.54. The van der Waals surface area contributed by atoms with E-state index in [9.17, 15) is 9.50 Å². The Labute approximate surface area is 120 Å². The van der Waals surface area contributed by atoms with E-state index in [-0.39, 0.29) is 21.4 Å². The third-order valence-electron chi connectivity index (χ3n) is 2.73. The highest BCUT2D eigenvalue weighted by Gasteiger charge is 2.21. The van der Waals surface area contributed by atoms with Gasteiger partial charge in [0.1, 0.15) is 5.75 Å².